The lowest BCUT2D eigenvalue weighted by atomic mass is 10.2. The van der Waals surface area contributed by atoms with Gasteiger partial charge in [0.15, 0.2) is 0 Å². The third-order valence-electron chi connectivity index (χ3n) is 3.95. The Bertz CT molecular complexity index is 1110. The number of benzene rings is 2. The lowest BCUT2D eigenvalue weighted by Gasteiger charge is -2.13. The van der Waals surface area contributed by atoms with E-state index in [1.807, 2.05) is 25.1 Å². The maximum Gasteiger partial charge on any atom is 0.323 e. The lowest BCUT2D eigenvalue weighted by Crippen LogP contribution is -2.19. The van der Waals surface area contributed by atoms with Crippen molar-refractivity contribution < 1.29 is 14.3 Å². The van der Waals surface area contributed by atoms with Gasteiger partial charge in [0.25, 0.3) is 0 Å². The number of nitrogen functional groups attached to an aromatic ring is 1. The van der Waals surface area contributed by atoms with E-state index in [-0.39, 0.29) is 28.2 Å². The Morgan fingerprint density at radius 3 is 2.67 bits per heavy atom. The van der Waals surface area contributed by atoms with Crippen LogP contribution in [0.5, 0.6) is 11.6 Å². The summed E-state index contributed by atoms with van der Waals surface area (Å²) >= 11 is 6.28. The number of carbonyl (C=O) groups excluding carboxylic acids is 1. The van der Waals surface area contributed by atoms with E-state index < -0.39 is 6.03 Å². The molecule has 0 fully saturated rings. The molecular weight excluding hydrogens is 408 g/mol. The average molecular weight is 427 g/mol. The van der Waals surface area contributed by atoms with Gasteiger partial charge in [-0.2, -0.15) is 0 Å². The number of rotatable bonds is 5. The number of carbonyl (C=O) groups is 1. The highest BCUT2D eigenvalue weighted by Crippen LogP contribution is 2.31. The number of hydrogen-bond acceptors (Lipinski definition) is 7. The van der Waals surface area contributed by atoms with E-state index in [1.54, 1.807) is 18.2 Å². The molecular formula is C20H19ClN6O3. The van der Waals surface area contributed by atoms with Gasteiger partial charge in [0.2, 0.25) is 11.8 Å². The smallest absolute Gasteiger partial charge is 0.323 e. The second-order valence-electron chi connectivity index (χ2n) is 6.16. The molecule has 3 aromatic rings. The predicted molar refractivity (Wildman–Crippen MR) is 116 cm³/mol. The van der Waals surface area contributed by atoms with Crippen molar-refractivity contribution in [1.82, 2.24) is 9.97 Å². The normalized spacial score (nSPS) is 10.2. The molecule has 154 valence electrons. The van der Waals surface area contributed by atoms with E-state index in [9.17, 15) is 4.79 Å². The molecule has 0 radical (unpaired) electrons. The summed E-state index contributed by atoms with van der Waals surface area (Å²) in [5.74, 6) is 0.181. The van der Waals surface area contributed by atoms with Crippen LogP contribution in [0, 0.1) is 12.3 Å². The molecule has 0 aliphatic rings. The molecule has 2 aromatic carbocycles. The first kappa shape index (κ1) is 20.9. The molecule has 0 spiro atoms. The number of urea groups is 1. The van der Waals surface area contributed by atoms with E-state index in [0.29, 0.717) is 17.1 Å². The number of ether oxygens (including phenoxy) is 2. The van der Waals surface area contributed by atoms with Gasteiger partial charge in [0.1, 0.15) is 23.5 Å². The van der Waals surface area contributed by atoms with Crippen molar-refractivity contribution in [2.75, 3.05) is 23.5 Å². The van der Waals surface area contributed by atoms with Crippen LogP contribution in [0.4, 0.5) is 22.0 Å². The fourth-order valence-corrected chi connectivity index (χ4v) is 2.77. The second kappa shape index (κ2) is 9.10. The van der Waals surface area contributed by atoms with Gasteiger partial charge in [-0.3, -0.25) is 5.41 Å². The molecule has 30 heavy (non-hydrogen) atoms. The molecule has 0 bridgehead atoms. The lowest BCUT2D eigenvalue weighted by molar-refractivity contribution is 0.262. The number of nitrogens with one attached hydrogen (secondary N) is 3. The van der Waals surface area contributed by atoms with E-state index in [4.69, 9.17) is 32.2 Å². The minimum atomic E-state index is -0.435. The summed E-state index contributed by atoms with van der Waals surface area (Å²) in [5, 5.41) is 13.5. The van der Waals surface area contributed by atoms with Gasteiger partial charge >= 0.3 is 6.03 Å². The van der Waals surface area contributed by atoms with Crippen LogP contribution < -0.4 is 21.1 Å². The van der Waals surface area contributed by atoms with E-state index in [0.717, 1.165) is 5.56 Å². The van der Waals surface area contributed by atoms with Gasteiger partial charge in [-0.15, -0.1) is 0 Å². The summed E-state index contributed by atoms with van der Waals surface area (Å²) in [6.45, 7) is 1.93. The molecule has 1 heterocycles. The largest absolute Gasteiger partial charge is 0.481 e. The third-order valence-corrected chi connectivity index (χ3v) is 4.26. The monoisotopic (exact) mass is 426 g/mol. The number of amides is 2. The van der Waals surface area contributed by atoms with Crippen molar-refractivity contribution in [3.63, 3.8) is 0 Å². The summed E-state index contributed by atoms with van der Waals surface area (Å²) in [6.07, 6.45) is 1.21. The Kier molecular flexibility index (Phi) is 6.33. The van der Waals surface area contributed by atoms with Crippen molar-refractivity contribution >= 4 is 40.7 Å². The summed E-state index contributed by atoms with van der Waals surface area (Å²) in [4.78, 5) is 20.1. The van der Waals surface area contributed by atoms with Crippen molar-refractivity contribution in [3.05, 3.63) is 64.9 Å². The molecule has 9 nitrogen and oxygen atoms in total. The Morgan fingerprint density at radius 2 is 1.97 bits per heavy atom. The highest BCUT2D eigenvalue weighted by atomic mass is 35.5. The van der Waals surface area contributed by atoms with Crippen LogP contribution in [-0.4, -0.2) is 29.0 Å². The van der Waals surface area contributed by atoms with Crippen LogP contribution in [0.25, 0.3) is 0 Å². The number of methoxy groups -OCH3 is 1. The molecule has 10 heteroatoms. The first-order chi connectivity index (χ1) is 14.4. The Hall–Kier alpha value is -3.85. The van der Waals surface area contributed by atoms with E-state index in [2.05, 4.69) is 20.6 Å². The zero-order valence-corrected chi connectivity index (χ0v) is 16.9. The van der Waals surface area contributed by atoms with Crippen LogP contribution in [0.1, 0.15) is 11.1 Å². The van der Waals surface area contributed by atoms with Crippen molar-refractivity contribution in [2.45, 2.75) is 6.92 Å². The molecule has 0 aliphatic heterocycles. The highest BCUT2D eigenvalue weighted by molar-refractivity contribution is 6.34. The SMILES string of the molecule is COC(=N)c1c(N)ncnc1Oc1ccc(NC(=O)Nc2cccc(C)c2)c(Cl)c1. The van der Waals surface area contributed by atoms with E-state index in [1.165, 1.54) is 19.5 Å². The topological polar surface area (TPSA) is 135 Å². The zero-order valence-electron chi connectivity index (χ0n) is 16.2. The van der Waals surface area contributed by atoms with Gasteiger partial charge in [0.05, 0.1) is 17.8 Å². The van der Waals surface area contributed by atoms with Gasteiger partial charge in [-0.05, 0) is 36.8 Å². The molecule has 2 amide bonds. The quantitative estimate of drug-likeness (QED) is 0.352. The molecule has 0 saturated carbocycles. The first-order valence-corrected chi connectivity index (χ1v) is 9.10. The van der Waals surface area contributed by atoms with Gasteiger partial charge in [0, 0.05) is 11.8 Å². The standard InChI is InChI=1S/C20H19ClN6O3/c1-11-4-3-5-12(8-11)26-20(28)27-15-7-6-13(9-14(15)21)30-19-16(18(23)29-2)17(22)24-10-25-19/h3-10,23H,1-2H3,(H2,22,24,25)(H2,26,27,28). The maximum absolute atomic E-state index is 12.2. The molecule has 5 N–H and O–H groups in total. The predicted octanol–water partition coefficient (Wildman–Crippen LogP) is 4.43. The van der Waals surface area contributed by atoms with Gasteiger partial charge < -0.3 is 25.8 Å². The number of anilines is 3. The average Bonchev–Trinajstić information content (AvgIpc) is 2.70. The number of nitrogens with two attached hydrogens (primary N) is 1. The van der Waals surface area contributed by atoms with Gasteiger partial charge in [-0.1, -0.05) is 23.7 Å². The second-order valence-corrected chi connectivity index (χ2v) is 6.57. The molecule has 0 aliphatic carbocycles. The molecule has 0 saturated heterocycles. The Morgan fingerprint density at radius 1 is 1.17 bits per heavy atom. The number of nitrogens with zero attached hydrogens (tertiary/aromatic N) is 2. The van der Waals surface area contributed by atoms with Crippen molar-refractivity contribution in [3.8, 4) is 11.6 Å². The number of aromatic nitrogens is 2. The molecule has 0 atom stereocenters. The molecule has 3 rings (SSSR count). The summed E-state index contributed by atoms with van der Waals surface area (Å²) in [7, 11) is 1.33. The Labute approximate surface area is 177 Å². The fourth-order valence-electron chi connectivity index (χ4n) is 2.55. The highest BCUT2D eigenvalue weighted by Gasteiger charge is 2.18. The van der Waals surface area contributed by atoms with Crippen molar-refractivity contribution in [1.29, 1.82) is 5.41 Å². The maximum atomic E-state index is 12.2. The van der Waals surface area contributed by atoms with Crippen LogP contribution in [-0.2, 0) is 4.74 Å². The Balaban J connectivity index is 1.74. The minimum absolute atomic E-state index is 0.0447. The molecule has 1 aromatic heterocycles. The molecule has 0 unspecified atom stereocenters. The first-order valence-electron chi connectivity index (χ1n) is 8.73. The van der Waals surface area contributed by atoms with Crippen LogP contribution in [0.3, 0.4) is 0 Å². The van der Waals surface area contributed by atoms with Crippen LogP contribution in [0.15, 0.2) is 48.8 Å². The summed E-state index contributed by atoms with van der Waals surface area (Å²) in [5.41, 5.74) is 8.00. The number of aryl methyl sites for hydroxylation is 1. The summed E-state index contributed by atoms with van der Waals surface area (Å²) < 4.78 is 10.6. The third kappa shape index (κ3) is 4.95. The number of halogens is 1. The zero-order chi connectivity index (χ0) is 21.7. The summed E-state index contributed by atoms with van der Waals surface area (Å²) in [6, 6.07) is 11.7. The number of hydrogen-bond donors (Lipinski definition) is 4. The van der Waals surface area contributed by atoms with Crippen LogP contribution in [0.2, 0.25) is 5.02 Å². The van der Waals surface area contributed by atoms with Crippen LogP contribution >= 0.6 is 11.6 Å². The fraction of sp³-hybridized carbons (Fsp3) is 0.100. The minimum Gasteiger partial charge on any atom is -0.481 e. The van der Waals surface area contributed by atoms with Crippen molar-refractivity contribution in [2.24, 2.45) is 0 Å². The van der Waals surface area contributed by atoms with Gasteiger partial charge in [-0.25, -0.2) is 14.8 Å². The van der Waals surface area contributed by atoms with E-state index >= 15 is 0 Å².